The first-order valence-electron chi connectivity index (χ1n) is 10.5. The van der Waals surface area contributed by atoms with Crippen molar-refractivity contribution in [3.8, 4) is 5.75 Å². The third kappa shape index (κ3) is 6.81. The van der Waals surface area contributed by atoms with Gasteiger partial charge in [-0.05, 0) is 53.9 Å². The van der Waals surface area contributed by atoms with Gasteiger partial charge in [-0.25, -0.2) is 0 Å². The molecule has 0 aromatic heterocycles. The standard InChI is InChI=1S/C25H29N3O4/c29-17-28-22-14-20(8-11-23(22)30)24(31)15-26-13-12-18-6-9-21(10-7-18)27-16-25(32)19-4-2-1-3-5-19/h1-11,14,17,24-27,30-32H,12-13,15-16H2,(H,28,29)/t24-,25+/m0/s1. The summed E-state index contributed by atoms with van der Waals surface area (Å²) in [6.07, 6.45) is -0.0427. The Morgan fingerprint density at radius 3 is 2.28 bits per heavy atom. The van der Waals surface area contributed by atoms with Crippen molar-refractivity contribution in [1.82, 2.24) is 5.32 Å². The van der Waals surface area contributed by atoms with E-state index >= 15 is 0 Å². The molecule has 3 aromatic rings. The molecule has 7 nitrogen and oxygen atoms in total. The van der Waals surface area contributed by atoms with Crippen LogP contribution in [0.1, 0.15) is 28.9 Å². The highest BCUT2D eigenvalue weighted by Crippen LogP contribution is 2.26. The number of hydrogen-bond acceptors (Lipinski definition) is 6. The maximum Gasteiger partial charge on any atom is 0.211 e. The largest absolute Gasteiger partial charge is 0.506 e. The topological polar surface area (TPSA) is 114 Å². The molecule has 0 radical (unpaired) electrons. The molecule has 0 saturated carbocycles. The van der Waals surface area contributed by atoms with Crippen LogP contribution in [-0.4, -0.2) is 41.4 Å². The molecule has 0 aliphatic rings. The zero-order valence-corrected chi connectivity index (χ0v) is 17.7. The van der Waals surface area contributed by atoms with Crippen molar-refractivity contribution in [2.45, 2.75) is 18.6 Å². The minimum Gasteiger partial charge on any atom is -0.506 e. The van der Waals surface area contributed by atoms with Crippen molar-refractivity contribution in [2.75, 3.05) is 30.3 Å². The molecule has 168 valence electrons. The van der Waals surface area contributed by atoms with Gasteiger partial charge in [-0.1, -0.05) is 48.5 Å². The molecule has 3 rings (SSSR count). The van der Waals surface area contributed by atoms with Crippen LogP contribution in [0.25, 0.3) is 0 Å². The lowest BCUT2D eigenvalue weighted by molar-refractivity contribution is -0.105. The zero-order chi connectivity index (χ0) is 22.8. The number of carbonyl (C=O) groups is 1. The summed E-state index contributed by atoms with van der Waals surface area (Å²) in [5.41, 5.74) is 3.85. The monoisotopic (exact) mass is 435 g/mol. The Hall–Kier alpha value is -3.39. The van der Waals surface area contributed by atoms with E-state index < -0.39 is 12.2 Å². The van der Waals surface area contributed by atoms with Crippen molar-refractivity contribution < 1.29 is 20.1 Å². The quantitative estimate of drug-likeness (QED) is 0.148. The summed E-state index contributed by atoms with van der Waals surface area (Å²) in [5, 5.41) is 39.1. The van der Waals surface area contributed by atoms with Crippen LogP contribution in [0.3, 0.4) is 0 Å². The van der Waals surface area contributed by atoms with Gasteiger partial charge in [0.05, 0.1) is 17.9 Å². The molecule has 1 amide bonds. The van der Waals surface area contributed by atoms with Gasteiger partial charge in [0.2, 0.25) is 6.41 Å². The van der Waals surface area contributed by atoms with Crippen molar-refractivity contribution in [3.05, 3.63) is 89.5 Å². The van der Waals surface area contributed by atoms with Crippen molar-refractivity contribution >= 4 is 17.8 Å². The Kier molecular flexibility index (Phi) is 8.62. The van der Waals surface area contributed by atoms with Crippen molar-refractivity contribution in [3.63, 3.8) is 0 Å². The van der Waals surface area contributed by atoms with E-state index in [1.54, 1.807) is 12.1 Å². The number of amides is 1. The number of nitrogens with one attached hydrogen (secondary N) is 3. The molecule has 0 saturated heterocycles. The number of phenols is 1. The van der Waals surface area contributed by atoms with Crippen molar-refractivity contribution in [2.24, 2.45) is 0 Å². The van der Waals surface area contributed by atoms with Crippen LogP contribution >= 0.6 is 0 Å². The van der Waals surface area contributed by atoms with E-state index in [9.17, 15) is 20.1 Å². The Morgan fingerprint density at radius 2 is 1.56 bits per heavy atom. The average molecular weight is 436 g/mol. The summed E-state index contributed by atoms with van der Waals surface area (Å²) < 4.78 is 0. The van der Waals surface area contributed by atoms with E-state index in [-0.39, 0.29) is 11.4 Å². The average Bonchev–Trinajstić information content (AvgIpc) is 2.83. The predicted octanol–water partition coefficient (Wildman–Crippen LogP) is 2.97. The molecule has 0 aliphatic heterocycles. The van der Waals surface area contributed by atoms with Crippen LogP contribution in [0.2, 0.25) is 0 Å². The number of benzene rings is 3. The second-order valence-corrected chi connectivity index (χ2v) is 7.51. The van der Waals surface area contributed by atoms with Crippen LogP contribution in [0.4, 0.5) is 11.4 Å². The summed E-state index contributed by atoms with van der Waals surface area (Å²) in [4.78, 5) is 10.6. The smallest absolute Gasteiger partial charge is 0.211 e. The maximum absolute atomic E-state index is 10.6. The normalized spacial score (nSPS) is 12.7. The molecule has 6 N–H and O–H groups in total. The fraction of sp³-hybridized carbons (Fsp3) is 0.240. The van der Waals surface area contributed by atoms with Crippen LogP contribution in [0, 0.1) is 0 Å². The number of carbonyl (C=O) groups excluding carboxylic acids is 1. The molecule has 32 heavy (non-hydrogen) atoms. The van der Waals surface area contributed by atoms with E-state index in [1.807, 2.05) is 54.6 Å². The maximum atomic E-state index is 10.6. The molecule has 0 fully saturated rings. The van der Waals surface area contributed by atoms with Gasteiger partial charge in [-0.15, -0.1) is 0 Å². The zero-order valence-electron chi connectivity index (χ0n) is 17.7. The third-order valence-electron chi connectivity index (χ3n) is 5.19. The molecule has 0 heterocycles. The molecule has 0 spiro atoms. The Morgan fingerprint density at radius 1 is 0.844 bits per heavy atom. The highest BCUT2D eigenvalue weighted by Gasteiger charge is 2.10. The Bertz CT molecular complexity index is 980. The van der Waals surface area contributed by atoms with Crippen LogP contribution < -0.4 is 16.0 Å². The molecular weight excluding hydrogens is 406 g/mol. The van der Waals surface area contributed by atoms with E-state index in [4.69, 9.17) is 0 Å². The first kappa shape index (κ1) is 23.3. The van der Waals surface area contributed by atoms with Crippen LogP contribution in [0.15, 0.2) is 72.8 Å². The first-order valence-corrected chi connectivity index (χ1v) is 10.5. The fourth-order valence-corrected chi connectivity index (χ4v) is 3.33. The number of rotatable bonds is 12. The van der Waals surface area contributed by atoms with Gasteiger partial charge in [0.1, 0.15) is 5.75 Å². The molecule has 0 bridgehead atoms. The molecule has 0 unspecified atom stereocenters. The highest BCUT2D eigenvalue weighted by molar-refractivity contribution is 5.75. The van der Waals surface area contributed by atoms with E-state index in [2.05, 4.69) is 16.0 Å². The van der Waals surface area contributed by atoms with Gasteiger partial charge >= 0.3 is 0 Å². The number of hydrogen-bond donors (Lipinski definition) is 6. The van der Waals surface area contributed by atoms with Crippen LogP contribution in [0.5, 0.6) is 5.75 Å². The molecular formula is C25H29N3O4. The summed E-state index contributed by atoms with van der Waals surface area (Å²) in [6, 6.07) is 22.2. The summed E-state index contributed by atoms with van der Waals surface area (Å²) >= 11 is 0. The SMILES string of the molecule is O=CNc1cc([C@@H](O)CNCCc2ccc(NC[C@@H](O)c3ccccc3)cc2)ccc1O. The Balaban J connectivity index is 1.40. The lowest BCUT2D eigenvalue weighted by atomic mass is 10.1. The lowest BCUT2D eigenvalue weighted by Gasteiger charge is -2.15. The molecule has 7 heteroatoms. The molecule has 2 atom stereocenters. The second-order valence-electron chi connectivity index (χ2n) is 7.51. The van der Waals surface area contributed by atoms with Gasteiger partial charge < -0.3 is 31.3 Å². The number of aliphatic hydroxyl groups excluding tert-OH is 2. The first-order chi connectivity index (χ1) is 15.6. The number of aliphatic hydroxyl groups is 2. The van der Waals surface area contributed by atoms with E-state index in [1.165, 1.54) is 6.07 Å². The van der Waals surface area contributed by atoms with E-state index in [0.29, 0.717) is 31.6 Å². The molecule has 3 aromatic carbocycles. The fourth-order valence-electron chi connectivity index (χ4n) is 3.33. The van der Waals surface area contributed by atoms with Crippen LogP contribution in [-0.2, 0) is 11.2 Å². The molecule has 0 aliphatic carbocycles. The third-order valence-corrected chi connectivity index (χ3v) is 5.19. The van der Waals surface area contributed by atoms with Gasteiger partial charge in [0.25, 0.3) is 0 Å². The second kappa shape index (κ2) is 11.9. The number of phenolic OH excluding ortho intramolecular Hbond substituents is 1. The van der Waals surface area contributed by atoms with Gasteiger partial charge in [-0.2, -0.15) is 0 Å². The summed E-state index contributed by atoms with van der Waals surface area (Å²) in [7, 11) is 0. The van der Waals surface area contributed by atoms with Crippen molar-refractivity contribution in [1.29, 1.82) is 0 Å². The summed E-state index contributed by atoms with van der Waals surface area (Å²) in [5.74, 6) is -0.0477. The predicted molar refractivity (Wildman–Crippen MR) is 126 cm³/mol. The highest BCUT2D eigenvalue weighted by atomic mass is 16.3. The van der Waals surface area contributed by atoms with E-state index in [0.717, 1.165) is 23.2 Å². The van der Waals surface area contributed by atoms with Gasteiger partial charge in [0.15, 0.2) is 0 Å². The minimum atomic E-state index is -0.759. The number of anilines is 2. The summed E-state index contributed by atoms with van der Waals surface area (Å²) in [6.45, 7) is 1.47. The van der Waals surface area contributed by atoms with Gasteiger partial charge in [0, 0.05) is 18.8 Å². The van der Waals surface area contributed by atoms with Gasteiger partial charge in [-0.3, -0.25) is 4.79 Å². The lowest BCUT2D eigenvalue weighted by Crippen LogP contribution is -2.23. The Labute approximate surface area is 187 Å². The minimum absolute atomic E-state index is 0.0477. The number of aromatic hydroxyl groups is 1.